The number of carbonyl (C=O) groups excluding carboxylic acids is 1. The fraction of sp³-hybridized carbons (Fsp3) is 0.286. The standard InChI is InChI=1S/C14H16BrFN4O.ClH/c1-9(17)6-7-18-14(21)13-12(15)8-20(19-13)11-4-2-10(16)3-5-11;/h2-5,8-9H,6-7,17H2,1H3,(H,18,21);1H. The van der Waals surface area contributed by atoms with Gasteiger partial charge < -0.3 is 11.1 Å². The SMILES string of the molecule is CC(N)CCNC(=O)c1nn(-c2ccc(F)cc2)cc1Br.Cl. The number of nitrogens with one attached hydrogen (secondary N) is 1. The van der Waals surface area contributed by atoms with Crippen molar-refractivity contribution in [2.24, 2.45) is 5.73 Å². The maximum atomic E-state index is 12.9. The number of amides is 1. The number of halogens is 3. The van der Waals surface area contributed by atoms with Crippen LogP contribution in [0.4, 0.5) is 4.39 Å². The van der Waals surface area contributed by atoms with Crippen molar-refractivity contribution in [3.63, 3.8) is 0 Å². The molecule has 0 spiro atoms. The summed E-state index contributed by atoms with van der Waals surface area (Å²) in [5.41, 5.74) is 6.58. The molecule has 22 heavy (non-hydrogen) atoms. The summed E-state index contributed by atoms with van der Waals surface area (Å²) in [6.45, 7) is 2.37. The van der Waals surface area contributed by atoms with E-state index in [1.807, 2.05) is 6.92 Å². The van der Waals surface area contributed by atoms with Crippen LogP contribution in [0.3, 0.4) is 0 Å². The fourth-order valence-electron chi connectivity index (χ4n) is 1.73. The van der Waals surface area contributed by atoms with E-state index >= 15 is 0 Å². The minimum absolute atomic E-state index is 0. The molecule has 1 aromatic carbocycles. The average Bonchev–Trinajstić information content (AvgIpc) is 2.81. The van der Waals surface area contributed by atoms with Gasteiger partial charge in [-0.2, -0.15) is 5.10 Å². The van der Waals surface area contributed by atoms with Gasteiger partial charge in [0.25, 0.3) is 5.91 Å². The molecule has 0 saturated heterocycles. The van der Waals surface area contributed by atoms with E-state index in [0.717, 1.165) is 0 Å². The lowest BCUT2D eigenvalue weighted by Crippen LogP contribution is -2.29. The molecule has 0 radical (unpaired) electrons. The summed E-state index contributed by atoms with van der Waals surface area (Å²) >= 11 is 3.31. The normalized spacial score (nSPS) is 11.6. The molecule has 2 rings (SSSR count). The molecule has 5 nitrogen and oxygen atoms in total. The molecule has 2 aromatic rings. The summed E-state index contributed by atoms with van der Waals surface area (Å²) in [4.78, 5) is 12.0. The van der Waals surface area contributed by atoms with Gasteiger partial charge in [0, 0.05) is 18.8 Å². The quantitative estimate of drug-likeness (QED) is 0.823. The zero-order valence-corrected chi connectivity index (χ0v) is 14.3. The molecule has 1 atom stereocenters. The first-order chi connectivity index (χ1) is 9.97. The summed E-state index contributed by atoms with van der Waals surface area (Å²) in [6.07, 6.45) is 2.36. The molecule has 1 aromatic heterocycles. The van der Waals surface area contributed by atoms with Crippen LogP contribution in [-0.4, -0.2) is 28.3 Å². The van der Waals surface area contributed by atoms with Crippen LogP contribution >= 0.6 is 28.3 Å². The summed E-state index contributed by atoms with van der Waals surface area (Å²) in [5, 5.41) is 6.97. The fourth-order valence-corrected chi connectivity index (χ4v) is 2.18. The largest absolute Gasteiger partial charge is 0.351 e. The Hall–Kier alpha value is -1.44. The highest BCUT2D eigenvalue weighted by molar-refractivity contribution is 9.10. The highest BCUT2D eigenvalue weighted by Crippen LogP contribution is 2.18. The van der Waals surface area contributed by atoms with Gasteiger partial charge in [-0.25, -0.2) is 9.07 Å². The molecule has 1 heterocycles. The Morgan fingerprint density at radius 1 is 1.45 bits per heavy atom. The van der Waals surface area contributed by atoms with Crippen molar-refractivity contribution < 1.29 is 9.18 Å². The lowest BCUT2D eigenvalue weighted by molar-refractivity contribution is 0.0946. The van der Waals surface area contributed by atoms with Gasteiger partial charge in [-0.15, -0.1) is 12.4 Å². The van der Waals surface area contributed by atoms with Gasteiger partial charge in [-0.1, -0.05) is 0 Å². The number of nitrogens with zero attached hydrogens (tertiary/aromatic N) is 2. The number of carbonyl (C=O) groups is 1. The molecule has 0 fully saturated rings. The van der Waals surface area contributed by atoms with Gasteiger partial charge in [0.15, 0.2) is 5.69 Å². The molecule has 0 saturated carbocycles. The van der Waals surface area contributed by atoms with Gasteiger partial charge in [0.2, 0.25) is 0 Å². The Balaban J connectivity index is 0.00000242. The van der Waals surface area contributed by atoms with Crippen LogP contribution in [0.15, 0.2) is 34.9 Å². The van der Waals surface area contributed by atoms with E-state index in [1.54, 1.807) is 18.3 Å². The molecule has 0 aliphatic rings. The summed E-state index contributed by atoms with van der Waals surface area (Å²) in [5.74, 6) is -0.595. The van der Waals surface area contributed by atoms with Crippen molar-refractivity contribution in [1.29, 1.82) is 0 Å². The number of benzene rings is 1. The van der Waals surface area contributed by atoms with E-state index in [4.69, 9.17) is 5.73 Å². The molecule has 0 aliphatic heterocycles. The van der Waals surface area contributed by atoms with Gasteiger partial charge in [0.1, 0.15) is 5.82 Å². The second-order valence-electron chi connectivity index (χ2n) is 4.77. The predicted molar refractivity (Wildman–Crippen MR) is 89.1 cm³/mol. The summed E-state index contributed by atoms with van der Waals surface area (Å²) < 4.78 is 15.0. The van der Waals surface area contributed by atoms with E-state index in [-0.39, 0.29) is 35.9 Å². The third-order valence-corrected chi connectivity index (χ3v) is 3.44. The maximum absolute atomic E-state index is 12.9. The van der Waals surface area contributed by atoms with Crippen LogP contribution in [0.25, 0.3) is 5.69 Å². The molecule has 0 bridgehead atoms. The van der Waals surface area contributed by atoms with E-state index in [2.05, 4.69) is 26.3 Å². The van der Waals surface area contributed by atoms with Crippen LogP contribution in [0.5, 0.6) is 0 Å². The second kappa shape index (κ2) is 8.26. The lowest BCUT2D eigenvalue weighted by atomic mass is 10.2. The van der Waals surface area contributed by atoms with Crippen molar-refractivity contribution in [3.8, 4) is 5.69 Å². The zero-order chi connectivity index (χ0) is 15.4. The Morgan fingerprint density at radius 2 is 2.09 bits per heavy atom. The van der Waals surface area contributed by atoms with Gasteiger partial charge in [-0.3, -0.25) is 4.79 Å². The van der Waals surface area contributed by atoms with Crippen molar-refractivity contribution in [2.45, 2.75) is 19.4 Å². The smallest absolute Gasteiger partial charge is 0.272 e. The minimum Gasteiger partial charge on any atom is -0.351 e. The van der Waals surface area contributed by atoms with Crippen molar-refractivity contribution in [3.05, 3.63) is 46.4 Å². The highest BCUT2D eigenvalue weighted by atomic mass is 79.9. The molecular weight excluding hydrogens is 375 g/mol. The van der Waals surface area contributed by atoms with Crippen molar-refractivity contribution >= 4 is 34.2 Å². The van der Waals surface area contributed by atoms with Crippen LogP contribution < -0.4 is 11.1 Å². The van der Waals surface area contributed by atoms with Crippen LogP contribution in [0.2, 0.25) is 0 Å². The van der Waals surface area contributed by atoms with E-state index in [9.17, 15) is 9.18 Å². The molecular formula is C14H17BrClFN4O. The Labute approximate surface area is 142 Å². The number of rotatable bonds is 5. The third-order valence-electron chi connectivity index (χ3n) is 2.86. The highest BCUT2D eigenvalue weighted by Gasteiger charge is 2.15. The monoisotopic (exact) mass is 390 g/mol. The first-order valence-electron chi connectivity index (χ1n) is 6.52. The molecule has 1 amide bonds. The number of hydrogen-bond acceptors (Lipinski definition) is 3. The van der Waals surface area contributed by atoms with Crippen LogP contribution in [0.1, 0.15) is 23.8 Å². The summed E-state index contributed by atoms with van der Waals surface area (Å²) in [6, 6.07) is 5.89. The third kappa shape index (κ3) is 4.79. The molecule has 120 valence electrons. The number of nitrogens with two attached hydrogens (primary N) is 1. The van der Waals surface area contributed by atoms with Gasteiger partial charge in [0.05, 0.1) is 10.2 Å². The topological polar surface area (TPSA) is 72.9 Å². The summed E-state index contributed by atoms with van der Waals surface area (Å²) in [7, 11) is 0. The number of aromatic nitrogens is 2. The van der Waals surface area contributed by atoms with Crippen molar-refractivity contribution in [2.75, 3.05) is 6.54 Å². The Kier molecular flexibility index (Phi) is 6.99. The maximum Gasteiger partial charge on any atom is 0.272 e. The second-order valence-corrected chi connectivity index (χ2v) is 5.62. The van der Waals surface area contributed by atoms with Crippen LogP contribution in [-0.2, 0) is 0 Å². The molecule has 0 aliphatic carbocycles. The Bertz CT molecular complexity index is 630. The molecule has 1 unspecified atom stereocenters. The van der Waals surface area contributed by atoms with E-state index in [0.29, 0.717) is 23.1 Å². The van der Waals surface area contributed by atoms with E-state index in [1.165, 1.54) is 16.8 Å². The minimum atomic E-state index is -0.321. The van der Waals surface area contributed by atoms with Gasteiger partial charge in [-0.05, 0) is 53.5 Å². The van der Waals surface area contributed by atoms with Gasteiger partial charge >= 0.3 is 0 Å². The molecule has 8 heteroatoms. The predicted octanol–water partition coefficient (Wildman–Crippen LogP) is 2.66. The Morgan fingerprint density at radius 3 is 2.68 bits per heavy atom. The van der Waals surface area contributed by atoms with Crippen LogP contribution in [0, 0.1) is 5.82 Å². The molecule has 3 N–H and O–H groups in total. The first-order valence-corrected chi connectivity index (χ1v) is 7.31. The zero-order valence-electron chi connectivity index (χ0n) is 11.9. The van der Waals surface area contributed by atoms with E-state index < -0.39 is 0 Å². The average molecular weight is 392 g/mol. The first kappa shape index (κ1) is 18.6. The lowest BCUT2D eigenvalue weighted by Gasteiger charge is -2.06. The van der Waals surface area contributed by atoms with Crippen molar-refractivity contribution in [1.82, 2.24) is 15.1 Å². The number of hydrogen-bond donors (Lipinski definition) is 2.